The minimum atomic E-state index is -1.04. The van der Waals surface area contributed by atoms with Crippen LogP contribution in [0.4, 0.5) is 5.69 Å². The third kappa shape index (κ3) is 5.55. The molecule has 0 spiro atoms. The largest absolute Gasteiger partial charge is 0.326 e. The zero-order chi connectivity index (χ0) is 19.8. The van der Waals surface area contributed by atoms with Crippen molar-refractivity contribution in [2.45, 2.75) is 19.1 Å². The lowest BCUT2D eigenvalue weighted by atomic mass is 9.97. The number of anilines is 1. The highest BCUT2D eigenvalue weighted by molar-refractivity contribution is 14.2. The molecule has 1 atom stereocenters. The molecular weight excluding hydrogens is 520 g/mol. The molecule has 1 N–H and O–H groups in total. The summed E-state index contributed by atoms with van der Waals surface area (Å²) in [6.07, 6.45) is 0. The lowest BCUT2D eigenvalue weighted by Crippen LogP contribution is -2.02. The average molecular weight is 543 g/mol. The third-order valence-electron chi connectivity index (χ3n) is 4.16. The number of benzene rings is 3. The van der Waals surface area contributed by atoms with Gasteiger partial charge in [0.25, 0.3) is 0 Å². The topological polar surface area (TPSA) is 30.5 Å². The van der Waals surface area contributed by atoms with Crippen LogP contribution in [0.2, 0.25) is 0 Å². The Morgan fingerprint density at radius 1 is 0.893 bits per heavy atom. The van der Waals surface area contributed by atoms with Crippen molar-refractivity contribution in [1.29, 1.82) is 0 Å². The molecule has 0 aliphatic carbocycles. The first kappa shape index (κ1) is 22.2. The molecule has 3 rings (SSSR count). The summed E-state index contributed by atoms with van der Waals surface area (Å²) in [5.41, 5.74) is 3.64. The van der Waals surface area contributed by atoms with E-state index in [0.717, 1.165) is 5.69 Å². The van der Waals surface area contributed by atoms with E-state index < -0.39 is 7.58 Å². The van der Waals surface area contributed by atoms with Crippen molar-refractivity contribution in [3.63, 3.8) is 0 Å². The number of halogens is 1. The molecule has 7 heteroatoms. The van der Waals surface area contributed by atoms with Crippen LogP contribution in [0.1, 0.15) is 30.2 Å². The van der Waals surface area contributed by atoms with Gasteiger partial charge in [0.15, 0.2) is 0 Å². The quantitative estimate of drug-likeness (QED) is 0.158. The molecule has 0 saturated heterocycles. The first-order valence-electron chi connectivity index (χ1n) is 9.11. The smallest absolute Gasteiger partial charge is 0.238 e. The van der Waals surface area contributed by atoms with Gasteiger partial charge >= 0.3 is 0 Å². The number of fused-ring (bicyclic) bond motifs is 1. The molecule has 0 aliphatic rings. The second-order valence-corrected chi connectivity index (χ2v) is 10.7. The number of hydrogen-bond acceptors (Lipinski definition) is 5. The average Bonchev–Trinajstić information content (AvgIpc) is 2.73. The van der Waals surface area contributed by atoms with Gasteiger partial charge in [0, 0.05) is 36.0 Å². The summed E-state index contributed by atoms with van der Waals surface area (Å²) in [6.45, 7) is 5.32. The summed E-state index contributed by atoms with van der Waals surface area (Å²) in [4.78, 5) is 0. The van der Waals surface area contributed by atoms with Crippen LogP contribution in [-0.4, -0.2) is 13.2 Å². The fourth-order valence-electron chi connectivity index (χ4n) is 3.02. The molecule has 0 amide bonds. The lowest BCUT2D eigenvalue weighted by Gasteiger charge is -2.25. The molecule has 0 heterocycles. The molecule has 1 unspecified atom stereocenters. The highest BCUT2D eigenvalue weighted by Crippen LogP contribution is 2.61. The molecule has 0 aromatic heterocycles. The van der Waals surface area contributed by atoms with Crippen molar-refractivity contribution in [2.24, 2.45) is 0 Å². The summed E-state index contributed by atoms with van der Waals surface area (Å²) in [6, 6.07) is 23.6. The van der Waals surface area contributed by atoms with Gasteiger partial charge in [-0.25, -0.2) is 0 Å². The fourth-order valence-corrected chi connectivity index (χ4v) is 7.62. The molecule has 148 valence electrons. The predicted molar refractivity (Wildman–Crippen MR) is 135 cm³/mol. The summed E-state index contributed by atoms with van der Waals surface area (Å²) >= 11 is 4.03. The maximum atomic E-state index is 5.95. The van der Waals surface area contributed by atoms with E-state index in [-0.39, 0.29) is 5.25 Å². The van der Waals surface area contributed by atoms with Crippen LogP contribution in [0.25, 0.3) is 10.8 Å². The monoisotopic (exact) mass is 543 g/mol. The Balaban J connectivity index is 2.11. The zero-order valence-corrected chi connectivity index (χ0v) is 20.5. The number of rotatable bonds is 10. The molecule has 0 fully saturated rings. The SMILES string of the molecule is CCOP(OCC)SC(c1ccccc1NSI)c1cccc2ccccc12. The fraction of sp³-hybridized carbons (Fsp3) is 0.238. The van der Waals surface area contributed by atoms with Gasteiger partial charge in [0.2, 0.25) is 7.58 Å². The summed E-state index contributed by atoms with van der Waals surface area (Å²) in [7, 11) is 0.534. The van der Waals surface area contributed by atoms with Crippen LogP contribution in [0.3, 0.4) is 0 Å². The van der Waals surface area contributed by atoms with Gasteiger partial charge in [0.1, 0.15) is 0 Å². The highest BCUT2D eigenvalue weighted by atomic mass is 127. The van der Waals surface area contributed by atoms with E-state index in [2.05, 4.69) is 92.7 Å². The van der Waals surface area contributed by atoms with E-state index in [1.165, 1.54) is 21.9 Å². The van der Waals surface area contributed by atoms with Crippen LogP contribution < -0.4 is 4.72 Å². The van der Waals surface area contributed by atoms with E-state index >= 15 is 0 Å². The maximum Gasteiger partial charge on any atom is 0.238 e. The Morgan fingerprint density at radius 2 is 1.54 bits per heavy atom. The molecule has 0 aliphatic heterocycles. The van der Waals surface area contributed by atoms with Crippen molar-refractivity contribution < 1.29 is 9.05 Å². The first-order valence-corrected chi connectivity index (χ1v) is 15.1. The summed E-state index contributed by atoms with van der Waals surface area (Å²) < 4.78 is 15.3. The maximum absolute atomic E-state index is 5.95. The van der Waals surface area contributed by atoms with Gasteiger partial charge in [0.05, 0.1) is 18.5 Å². The molecule has 3 nitrogen and oxygen atoms in total. The van der Waals surface area contributed by atoms with Gasteiger partial charge in [-0.05, 0) is 41.8 Å². The van der Waals surface area contributed by atoms with Crippen molar-refractivity contribution in [1.82, 2.24) is 0 Å². The first-order chi connectivity index (χ1) is 13.8. The standard InChI is InChI=1S/C21H23INO2PS2/c1-3-24-26(25-4-2)27-21(19-13-7-8-15-20(19)23-28-22)18-14-9-11-16-10-5-6-12-17(16)18/h5-15,21,23H,3-4H2,1-2H3. The van der Waals surface area contributed by atoms with E-state index in [1.54, 1.807) is 20.5 Å². The number of nitrogens with one attached hydrogen (secondary N) is 1. The third-order valence-corrected chi connectivity index (χ3v) is 8.73. The van der Waals surface area contributed by atoms with Crippen molar-refractivity contribution >= 4 is 65.7 Å². The van der Waals surface area contributed by atoms with Gasteiger partial charge in [-0.1, -0.05) is 72.0 Å². The molecule has 0 saturated carbocycles. The second-order valence-electron chi connectivity index (χ2n) is 5.88. The van der Waals surface area contributed by atoms with Crippen LogP contribution >= 0.6 is 49.3 Å². The van der Waals surface area contributed by atoms with Crippen LogP contribution in [0.15, 0.2) is 66.7 Å². The zero-order valence-electron chi connectivity index (χ0n) is 15.8. The molecule has 28 heavy (non-hydrogen) atoms. The van der Waals surface area contributed by atoms with Crippen LogP contribution in [-0.2, 0) is 9.05 Å². The summed E-state index contributed by atoms with van der Waals surface area (Å²) in [5.74, 6) is 0. The number of para-hydroxylation sites is 1. The van der Waals surface area contributed by atoms with Gasteiger partial charge in [-0.2, -0.15) is 0 Å². The Labute approximate surface area is 188 Å². The van der Waals surface area contributed by atoms with E-state index in [9.17, 15) is 0 Å². The molecular formula is C21H23INO2PS2. The molecule has 0 bridgehead atoms. The Morgan fingerprint density at radius 3 is 2.29 bits per heavy atom. The van der Waals surface area contributed by atoms with E-state index in [1.807, 2.05) is 13.8 Å². The van der Waals surface area contributed by atoms with Crippen molar-refractivity contribution in [2.75, 3.05) is 17.9 Å². The molecule has 3 aromatic carbocycles. The Kier molecular flexibility index (Phi) is 9.21. The highest BCUT2D eigenvalue weighted by Gasteiger charge is 2.26. The van der Waals surface area contributed by atoms with Crippen molar-refractivity contribution in [3.05, 3.63) is 77.9 Å². The van der Waals surface area contributed by atoms with E-state index in [0.29, 0.717) is 13.2 Å². The number of hydrogen-bond donors (Lipinski definition) is 1. The van der Waals surface area contributed by atoms with Crippen molar-refractivity contribution in [3.8, 4) is 0 Å². The minimum absolute atomic E-state index is 0.0996. The van der Waals surface area contributed by atoms with Gasteiger partial charge in [-0.15, -0.1) is 0 Å². The van der Waals surface area contributed by atoms with E-state index in [4.69, 9.17) is 9.05 Å². The van der Waals surface area contributed by atoms with Gasteiger partial charge < -0.3 is 13.8 Å². The Hall–Kier alpha value is -0.500. The molecule has 3 aromatic rings. The predicted octanol–water partition coefficient (Wildman–Crippen LogP) is 8.37. The van der Waals surface area contributed by atoms with Crippen LogP contribution in [0, 0.1) is 0 Å². The lowest BCUT2D eigenvalue weighted by molar-refractivity contribution is 0.283. The van der Waals surface area contributed by atoms with Crippen LogP contribution in [0.5, 0.6) is 0 Å². The van der Waals surface area contributed by atoms with Gasteiger partial charge in [-0.3, -0.25) is 0 Å². The normalized spacial score (nSPS) is 12.4. The Bertz CT molecular complexity index is 888. The summed E-state index contributed by atoms with van der Waals surface area (Å²) in [5, 5.41) is 2.61. The molecule has 0 radical (unpaired) electrons. The second kappa shape index (κ2) is 11.6. The minimum Gasteiger partial charge on any atom is -0.326 e.